The molecule has 4 heteroatoms. The number of carbonyl (C=O) groups excluding carboxylic acids is 1. The summed E-state index contributed by atoms with van der Waals surface area (Å²) in [7, 11) is -0.681. The molecule has 0 saturated heterocycles. The monoisotopic (exact) mass is 226 g/mol. The average molecular weight is 227 g/mol. The molecule has 1 unspecified atom stereocenters. The van der Waals surface area contributed by atoms with Crippen LogP contribution in [0.2, 0.25) is 13.1 Å². The molecule has 0 heterocycles. The smallest absolute Gasteiger partial charge is 0.252 e. The molecule has 0 aliphatic rings. The zero-order valence-electron chi connectivity index (χ0n) is 8.25. The Hall–Kier alpha value is -0.803. The molecule has 1 atom stereocenters. The molecule has 0 aromatic heterocycles. The average Bonchev–Trinajstić information content (AvgIpc) is 2.19. The van der Waals surface area contributed by atoms with E-state index in [0.717, 1.165) is 0 Å². The van der Waals surface area contributed by atoms with Crippen molar-refractivity contribution in [1.29, 1.82) is 0 Å². The van der Waals surface area contributed by atoms with Gasteiger partial charge < -0.3 is 5.32 Å². The van der Waals surface area contributed by atoms with Gasteiger partial charge in [-0.25, -0.2) is 0 Å². The van der Waals surface area contributed by atoms with Crippen molar-refractivity contribution in [1.82, 2.24) is 5.32 Å². The Labute approximate surface area is 90.9 Å². The number of amides is 1. The summed E-state index contributed by atoms with van der Waals surface area (Å²) in [6.07, 6.45) is 0. The van der Waals surface area contributed by atoms with Gasteiger partial charge in [0.05, 0.1) is 13.9 Å². The molecule has 1 amide bonds. The van der Waals surface area contributed by atoms with Crippen LogP contribution in [0, 0.1) is 0 Å². The van der Waals surface area contributed by atoms with Crippen molar-refractivity contribution >= 4 is 26.3 Å². The van der Waals surface area contributed by atoms with Gasteiger partial charge in [0.15, 0.2) is 0 Å². The molecule has 0 spiro atoms. The lowest BCUT2D eigenvalue weighted by atomic mass is 10.2. The topological polar surface area (TPSA) is 29.1 Å². The van der Waals surface area contributed by atoms with Crippen molar-refractivity contribution in [3.8, 4) is 0 Å². The second-order valence-electron chi connectivity index (χ2n) is 3.28. The largest absolute Gasteiger partial charge is 0.339 e. The number of hydrogen-bond donors (Lipinski definition) is 1. The van der Waals surface area contributed by atoms with E-state index < -0.39 is 8.80 Å². The van der Waals surface area contributed by atoms with Gasteiger partial charge in [-0.3, -0.25) is 4.79 Å². The summed E-state index contributed by atoms with van der Waals surface area (Å²) in [6.45, 7) is 4.13. The van der Waals surface area contributed by atoms with Gasteiger partial charge in [0.1, 0.15) is 0 Å². The van der Waals surface area contributed by atoms with Crippen molar-refractivity contribution in [3.63, 3.8) is 0 Å². The lowest BCUT2D eigenvalue weighted by Gasteiger charge is -2.13. The van der Waals surface area contributed by atoms with Gasteiger partial charge in [0, 0.05) is 5.56 Å². The van der Waals surface area contributed by atoms with E-state index in [4.69, 9.17) is 11.6 Å². The van der Waals surface area contributed by atoms with Crippen molar-refractivity contribution < 1.29 is 4.79 Å². The number of hydrogen-bond acceptors (Lipinski definition) is 1. The van der Waals surface area contributed by atoms with E-state index in [9.17, 15) is 4.79 Å². The maximum atomic E-state index is 11.6. The summed E-state index contributed by atoms with van der Waals surface area (Å²) in [4.78, 5) is 11.6. The quantitative estimate of drug-likeness (QED) is 0.478. The zero-order chi connectivity index (χ0) is 10.6. The molecule has 1 aromatic rings. The van der Waals surface area contributed by atoms with Gasteiger partial charge in [0.2, 0.25) is 0 Å². The van der Waals surface area contributed by atoms with Crippen molar-refractivity contribution in [2.75, 3.05) is 0 Å². The third kappa shape index (κ3) is 3.16. The van der Waals surface area contributed by atoms with Gasteiger partial charge in [0.25, 0.3) is 5.91 Å². The number of rotatable bonds is 3. The summed E-state index contributed by atoms with van der Waals surface area (Å²) in [5, 5.41) is 2.55. The molecule has 0 aliphatic heterocycles. The van der Waals surface area contributed by atoms with Crippen LogP contribution in [-0.2, 0) is 0 Å². The molecule has 0 bridgehead atoms. The first-order valence-corrected chi connectivity index (χ1v) is 7.42. The Morgan fingerprint density at radius 2 is 1.93 bits per heavy atom. The second kappa shape index (κ2) is 5.17. The normalized spacial score (nSPS) is 12.6. The third-order valence-corrected chi connectivity index (χ3v) is 4.38. The van der Waals surface area contributed by atoms with Crippen LogP contribution >= 0.6 is 11.6 Å². The first-order valence-electron chi connectivity index (χ1n) is 4.41. The van der Waals surface area contributed by atoms with Gasteiger partial charge in [-0.15, -0.1) is 11.6 Å². The molecule has 0 aliphatic carbocycles. The molecule has 0 fully saturated rings. The number of carbonyl (C=O) groups is 1. The van der Waals surface area contributed by atoms with Gasteiger partial charge in [-0.05, 0) is 12.1 Å². The van der Waals surface area contributed by atoms with Crippen LogP contribution < -0.4 is 5.32 Å². The van der Waals surface area contributed by atoms with Gasteiger partial charge in [-0.2, -0.15) is 0 Å². The maximum Gasteiger partial charge on any atom is 0.252 e. The SMILES string of the molecule is C[Si](C)C(Cl)NC(=O)c1ccccc1. The van der Waals surface area contributed by atoms with E-state index in [2.05, 4.69) is 18.4 Å². The van der Waals surface area contributed by atoms with Crippen LogP contribution in [0.4, 0.5) is 0 Å². The number of nitrogens with one attached hydrogen (secondary N) is 1. The predicted molar refractivity (Wildman–Crippen MR) is 61.0 cm³/mol. The Kier molecular flexibility index (Phi) is 4.16. The van der Waals surface area contributed by atoms with Crippen molar-refractivity contribution in [3.05, 3.63) is 35.9 Å². The van der Waals surface area contributed by atoms with Gasteiger partial charge >= 0.3 is 0 Å². The van der Waals surface area contributed by atoms with E-state index in [1.54, 1.807) is 12.1 Å². The second-order valence-corrected chi connectivity index (χ2v) is 6.81. The van der Waals surface area contributed by atoms with E-state index in [1.807, 2.05) is 18.2 Å². The molecule has 1 rings (SSSR count). The molecule has 14 heavy (non-hydrogen) atoms. The summed E-state index contributed by atoms with van der Waals surface area (Å²) >= 11 is 5.97. The van der Waals surface area contributed by atoms with Gasteiger partial charge in [-0.1, -0.05) is 31.3 Å². The van der Waals surface area contributed by atoms with E-state index in [1.165, 1.54) is 0 Å². The van der Waals surface area contributed by atoms with E-state index in [-0.39, 0.29) is 11.0 Å². The molecule has 75 valence electrons. The molecule has 1 radical (unpaired) electrons. The third-order valence-electron chi connectivity index (χ3n) is 1.80. The maximum absolute atomic E-state index is 11.6. The summed E-state index contributed by atoms with van der Waals surface area (Å²) < 4.78 is 0. The molecule has 1 aromatic carbocycles. The Morgan fingerprint density at radius 1 is 1.36 bits per heavy atom. The minimum absolute atomic E-state index is 0.100. The summed E-state index contributed by atoms with van der Waals surface area (Å²) in [5.74, 6) is -0.100. The number of benzene rings is 1. The zero-order valence-corrected chi connectivity index (χ0v) is 10.0. The first-order chi connectivity index (χ1) is 6.61. The minimum Gasteiger partial charge on any atom is -0.339 e. The fourth-order valence-corrected chi connectivity index (χ4v) is 1.45. The first kappa shape index (κ1) is 11.3. The Balaban J connectivity index is 2.60. The predicted octanol–water partition coefficient (Wildman–Crippen LogP) is 2.27. The lowest BCUT2D eigenvalue weighted by molar-refractivity contribution is 0.0956. The van der Waals surface area contributed by atoms with Crippen LogP contribution in [0.1, 0.15) is 10.4 Å². The minimum atomic E-state index is -0.681. The molecular weight excluding hydrogens is 214 g/mol. The molecule has 0 saturated carbocycles. The van der Waals surface area contributed by atoms with Crippen LogP contribution in [0.5, 0.6) is 0 Å². The number of halogens is 1. The van der Waals surface area contributed by atoms with Crippen LogP contribution in [0.3, 0.4) is 0 Å². The number of alkyl halides is 1. The Morgan fingerprint density at radius 3 is 2.43 bits per heavy atom. The van der Waals surface area contributed by atoms with E-state index in [0.29, 0.717) is 5.56 Å². The Bertz CT molecular complexity index is 302. The summed E-state index contributed by atoms with van der Waals surface area (Å²) in [5.41, 5.74) is 0.654. The lowest BCUT2D eigenvalue weighted by Crippen LogP contribution is -2.38. The highest BCUT2D eigenvalue weighted by molar-refractivity contribution is 6.67. The van der Waals surface area contributed by atoms with Crippen LogP contribution in [0.15, 0.2) is 30.3 Å². The fourth-order valence-electron chi connectivity index (χ4n) is 0.932. The molecular formula is C10H13ClNOSi. The summed E-state index contributed by atoms with van der Waals surface area (Å²) in [6, 6.07) is 9.10. The highest BCUT2D eigenvalue weighted by Gasteiger charge is 2.14. The molecule has 2 nitrogen and oxygen atoms in total. The van der Waals surface area contributed by atoms with Crippen molar-refractivity contribution in [2.45, 2.75) is 18.2 Å². The highest BCUT2D eigenvalue weighted by Crippen LogP contribution is 2.02. The van der Waals surface area contributed by atoms with Crippen molar-refractivity contribution in [2.24, 2.45) is 0 Å². The van der Waals surface area contributed by atoms with E-state index >= 15 is 0 Å². The molecule has 1 N–H and O–H groups in total. The van der Waals surface area contributed by atoms with Crippen LogP contribution in [-0.4, -0.2) is 19.8 Å². The standard InChI is InChI=1S/C10H13ClNOSi/c1-14(2)10(11)12-9(13)8-6-4-3-5-7-8/h3-7,10H,1-2H3,(H,12,13). The van der Waals surface area contributed by atoms with Crippen LogP contribution in [0.25, 0.3) is 0 Å². The fraction of sp³-hybridized carbons (Fsp3) is 0.300. The highest BCUT2D eigenvalue weighted by atomic mass is 35.5.